The molecule has 1 aromatic heterocycles. The number of aromatic nitrogens is 1. The highest BCUT2D eigenvalue weighted by Crippen LogP contribution is 2.20. The highest BCUT2D eigenvalue weighted by Gasteiger charge is 2.10. The predicted molar refractivity (Wildman–Crippen MR) is 71.9 cm³/mol. The molecule has 2 rings (SSSR count). The first-order chi connectivity index (χ1) is 9.13. The summed E-state index contributed by atoms with van der Waals surface area (Å²) in [6.45, 7) is 3.84. The number of ether oxygens (including phenoxy) is 1. The van der Waals surface area contributed by atoms with Gasteiger partial charge in [0, 0.05) is 6.20 Å². The number of hydrogen-bond acceptors (Lipinski definition) is 3. The molecule has 0 aliphatic carbocycles. The minimum Gasteiger partial charge on any atom is -0.483 e. The van der Waals surface area contributed by atoms with Crippen molar-refractivity contribution in [1.82, 2.24) is 4.57 Å². The smallest absolute Gasteiger partial charge is 0.269 e. The van der Waals surface area contributed by atoms with Crippen LogP contribution in [0.3, 0.4) is 0 Å². The van der Waals surface area contributed by atoms with Crippen molar-refractivity contribution in [3.8, 4) is 5.75 Å². The molecule has 4 nitrogen and oxygen atoms in total. The molecule has 0 radical (unpaired) electrons. The van der Waals surface area contributed by atoms with E-state index in [1.54, 1.807) is 18.3 Å². The summed E-state index contributed by atoms with van der Waals surface area (Å²) in [4.78, 5) is 22.7. The highest BCUT2D eigenvalue weighted by atomic mass is 16.5. The number of benzene rings is 1. The molecule has 0 bridgehead atoms. The molecule has 0 aliphatic heterocycles. The fourth-order valence-corrected chi connectivity index (χ4v) is 1.81. The molecule has 0 saturated carbocycles. The van der Waals surface area contributed by atoms with Gasteiger partial charge in [0.25, 0.3) is 5.91 Å². The number of nitrogens with zero attached hydrogens (tertiary/aromatic N) is 1. The Labute approximate surface area is 111 Å². The van der Waals surface area contributed by atoms with E-state index in [2.05, 4.69) is 0 Å². The molecular formula is C15H15NO3. The van der Waals surface area contributed by atoms with Crippen LogP contribution in [0.5, 0.6) is 5.75 Å². The molecule has 0 aliphatic rings. The van der Waals surface area contributed by atoms with Crippen molar-refractivity contribution in [2.45, 2.75) is 13.8 Å². The lowest BCUT2D eigenvalue weighted by molar-refractivity contribution is 0.0829. The number of aldehydes is 1. The molecule has 2 aromatic rings. The van der Waals surface area contributed by atoms with Gasteiger partial charge in [-0.05, 0) is 43.2 Å². The molecule has 19 heavy (non-hydrogen) atoms. The molecule has 1 aromatic carbocycles. The minimum absolute atomic E-state index is 0.0974. The van der Waals surface area contributed by atoms with E-state index >= 15 is 0 Å². The molecule has 98 valence electrons. The van der Waals surface area contributed by atoms with E-state index in [9.17, 15) is 9.59 Å². The topological polar surface area (TPSA) is 48.3 Å². The minimum atomic E-state index is -0.270. The Bertz CT molecular complexity index is 614. The van der Waals surface area contributed by atoms with Gasteiger partial charge < -0.3 is 4.74 Å². The summed E-state index contributed by atoms with van der Waals surface area (Å²) < 4.78 is 6.81. The third-order valence-electron chi connectivity index (χ3n) is 3.08. The maximum atomic E-state index is 11.9. The molecule has 0 spiro atoms. The maximum Gasteiger partial charge on any atom is 0.269 e. The average molecular weight is 257 g/mol. The quantitative estimate of drug-likeness (QED) is 0.791. The third-order valence-corrected chi connectivity index (χ3v) is 3.08. The Hall–Kier alpha value is -2.36. The zero-order chi connectivity index (χ0) is 13.8. The van der Waals surface area contributed by atoms with E-state index in [1.165, 1.54) is 4.57 Å². The zero-order valence-corrected chi connectivity index (χ0v) is 10.9. The van der Waals surface area contributed by atoms with Crippen LogP contribution < -0.4 is 4.74 Å². The summed E-state index contributed by atoms with van der Waals surface area (Å²) in [5.74, 6) is 0.418. The van der Waals surface area contributed by atoms with Gasteiger partial charge in [-0.2, -0.15) is 0 Å². The number of hydrogen-bond donors (Lipinski definition) is 0. The van der Waals surface area contributed by atoms with Gasteiger partial charge in [-0.15, -0.1) is 0 Å². The van der Waals surface area contributed by atoms with Crippen molar-refractivity contribution < 1.29 is 14.3 Å². The number of carbonyl (C=O) groups excluding carboxylic acids is 2. The molecule has 0 unspecified atom stereocenters. The first-order valence-electron chi connectivity index (χ1n) is 5.98. The lowest BCUT2D eigenvalue weighted by atomic mass is 10.1. The van der Waals surface area contributed by atoms with Gasteiger partial charge in [0.05, 0.1) is 5.69 Å². The fraction of sp³-hybridized carbons (Fsp3) is 0.200. The van der Waals surface area contributed by atoms with Gasteiger partial charge in [-0.25, -0.2) is 0 Å². The summed E-state index contributed by atoms with van der Waals surface area (Å²) in [5.41, 5.74) is 2.45. The Balaban J connectivity index is 2.09. The van der Waals surface area contributed by atoms with Gasteiger partial charge in [0.1, 0.15) is 5.75 Å². The Morgan fingerprint density at radius 2 is 2.05 bits per heavy atom. The number of carbonyl (C=O) groups is 2. The van der Waals surface area contributed by atoms with Gasteiger partial charge in [-0.1, -0.05) is 12.1 Å². The molecule has 0 fully saturated rings. The van der Waals surface area contributed by atoms with E-state index in [-0.39, 0.29) is 12.5 Å². The summed E-state index contributed by atoms with van der Waals surface area (Å²) >= 11 is 0. The third kappa shape index (κ3) is 2.73. The fourth-order valence-electron chi connectivity index (χ4n) is 1.81. The van der Waals surface area contributed by atoms with Crippen molar-refractivity contribution in [2.75, 3.05) is 6.61 Å². The van der Waals surface area contributed by atoms with Crippen LogP contribution in [0.15, 0.2) is 36.5 Å². The first kappa shape index (κ1) is 13.1. The second kappa shape index (κ2) is 5.52. The van der Waals surface area contributed by atoms with Crippen LogP contribution in [0.1, 0.15) is 26.4 Å². The average Bonchev–Trinajstić information content (AvgIpc) is 2.88. The Kier molecular flexibility index (Phi) is 3.80. The zero-order valence-electron chi connectivity index (χ0n) is 10.9. The Morgan fingerprint density at radius 3 is 2.79 bits per heavy atom. The molecule has 0 N–H and O–H groups in total. The molecule has 0 amide bonds. The number of aryl methyl sites for hydroxylation is 1. The lowest BCUT2D eigenvalue weighted by Crippen LogP contribution is -2.20. The van der Waals surface area contributed by atoms with Crippen molar-refractivity contribution in [3.63, 3.8) is 0 Å². The molecular weight excluding hydrogens is 242 g/mol. The van der Waals surface area contributed by atoms with Gasteiger partial charge in [-0.3, -0.25) is 14.2 Å². The van der Waals surface area contributed by atoms with E-state index in [1.807, 2.05) is 32.0 Å². The van der Waals surface area contributed by atoms with Crippen LogP contribution >= 0.6 is 0 Å². The number of rotatable bonds is 4. The van der Waals surface area contributed by atoms with Gasteiger partial charge in [0.15, 0.2) is 12.9 Å². The maximum absolute atomic E-state index is 11.9. The van der Waals surface area contributed by atoms with Crippen LogP contribution in [0.2, 0.25) is 0 Å². The second-order valence-corrected chi connectivity index (χ2v) is 4.30. The van der Waals surface area contributed by atoms with Crippen molar-refractivity contribution in [1.29, 1.82) is 0 Å². The summed E-state index contributed by atoms with van der Waals surface area (Å²) in [7, 11) is 0. The lowest BCUT2D eigenvalue weighted by Gasteiger charge is -2.11. The van der Waals surface area contributed by atoms with Crippen LogP contribution in [0.25, 0.3) is 0 Å². The first-order valence-corrected chi connectivity index (χ1v) is 5.98. The summed E-state index contributed by atoms with van der Waals surface area (Å²) in [5, 5.41) is 0. The monoisotopic (exact) mass is 257 g/mol. The van der Waals surface area contributed by atoms with Gasteiger partial charge in [0.2, 0.25) is 0 Å². The molecule has 0 atom stereocenters. The van der Waals surface area contributed by atoms with E-state index in [0.29, 0.717) is 17.7 Å². The highest BCUT2D eigenvalue weighted by molar-refractivity contribution is 5.87. The molecule has 1 heterocycles. The van der Waals surface area contributed by atoms with E-state index in [0.717, 1.165) is 11.1 Å². The van der Waals surface area contributed by atoms with Crippen LogP contribution in [-0.2, 0) is 0 Å². The molecule has 4 heteroatoms. The van der Waals surface area contributed by atoms with E-state index < -0.39 is 0 Å². The van der Waals surface area contributed by atoms with Gasteiger partial charge >= 0.3 is 0 Å². The van der Waals surface area contributed by atoms with Crippen LogP contribution in [-0.4, -0.2) is 23.4 Å². The van der Waals surface area contributed by atoms with Crippen molar-refractivity contribution in [2.24, 2.45) is 0 Å². The second-order valence-electron chi connectivity index (χ2n) is 4.30. The van der Waals surface area contributed by atoms with Crippen LogP contribution in [0.4, 0.5) is 0 Å². The Morgan fingerprint density at radius 1 is 1.26 bits per heavy atom. The summed E-state index contributed by atoms with van der Waals surface area (Å²) in [6, 6.07) is 8.93. The normalized spacial score (nSPS) is 10.2. The molecule has 0 saturated heterocycles. The summed E-state index contributed by atoms with van der Waals surface area (Å²) in [6.07, 6.45) is 2.20. The van der Waals surface area contributed by atoms with Crippen molar-refractivity contribution in [3.05, 3.63) is 53.3 Å². The van der Waals surface area contributed by atoms with Crippen LogP contribution in [0, 0.1) is 13.8 Å². The largest absolute Gasteiger partial charge is 0.483 e. The predicted octanol–water partition coefficient (Wildman–Crippen LogP) is 2.64. The SMILES string of the molecule is Cc1cccc(OCC(=O)n2cccc2C=O)c1C. The standard InChI is InChI=1S/C15H15NO3/c1-11-5-3-7-14(12(11)2)19-10-15(18)16-8-4-6-13(16)9-17/h3-9H,10H2,1-2H3. The van der Waals surface area contributed by atoms with E-state index in [4.69, 9.17) is 4.74 Å². The van der Waals surface area contributed by atoms with Crippen molar-refractivity contribution >= 4 is 12.2 Å².